The predicted molar refractivity (Wildman–Crippen MR) is 83.1 cm³/mol. The maximum atomic E-state index is 12.4. The molecule has 0 saturated carbocycles. The minimum absolute atomic E-state index is 0.276. The van der Waals surface area contributed by atoms with Gasteiger partial charge in [0.25, 0.3) is 5.91 Å². The predicted octanol–water partition coefficient (Wildman–Crippen LogP) is 2.77. The summed E-state index contributed by atoms with van der Waals surface area (Å²) in [6.45, 7) is 1.84. The monoisotopic (exact) mass is 278 g/mol. The number of nitrogens with two attached hydrogens (primary N) is 1. The van der Waals surface area contributed by atoms with E-state index < -0.39 is 0 Å². The Kier molecular flexibility index (Phi) is 3.23. The van der Waals surface area contributed by atoms with Crippen LogP contribution in [-0.2, 0) is 0 Å². The van der Waals surface area contributed by atoms with Crippen LogP contribution in [0.5, 0.6) is 0 Å². The average Bonchev–Trinajstić information content (AvgIpc) is 2.48. The summed E-state index contributed by atoms with van der Waals surface area (Å²) in [5.74, 6) is -0.276. The molecule has 0 spiro atoms. The molecule has 0 aliphatic carbocycles. The van der Waals surface area contributed by atoms with Gasteiger partial charge in [0.15, 0.2) is 0 Å². The fraction of sp³-hybridized carbons (Fsp3) is 0.0625. The normalized spacial score (nSPS) is 10.5. The summed E-state index contributed by atoms with van der Waals surface area (Å²) in [4.78, 5) is 20.8. The van der Waals surface area contributed by atoms with Crippen molar-refractivity contribution in [2.45, 2.75) is 6.92 Å². The molecular formula is C16H14N4O. The van der Waals surface area contributed by atoms with Crippen molar-refractivity contribution in [2.75, 3.05) is 11.1 Å². The lowest BCUT2D eigenvalue weighted by Gasteiger charge is -2.09. The third-order valence-corrected chi connectivity index (χ3v) is 3.17. The molecule has 21 heavy (non-hydrogen) atoms. The summed E-state index contributed by atoms with van der Waals surface area (Å²) < 4.78 is 0. The van der Waals surface area contributed by atoms with Crippen molar-refractivity contribution in [3.63, 3.8) is 0 Å². The molecule has 0 unspecified atom stereocenters. The van der Waals surface area contributed by atoms with Crippen molar-refractivity contribution >= 4 is 28.1 Å². The van der Waals surface area contributed by atoms with Gasteiger partial charge in [-0.05, 0) is 31.2 Å². The minimum Gasteiger partial charge on any atom is -0.398 e. The Morgan fingerprint density at radius 1 is 1.19 bits per heavy atom. The van der Waals surface area contributed by atoms with Gasteiger partial charge in [0.2, 0.25) is 0 Å². The number of aromatic nitrogens is 2. The molecule has 0 bridgehead atoms. The average molecular weight is 278 g/mol. The Hall–Kier alpha value is -2.95. The van der Waals surface area contributed by atoms with Crippen molar-refractivity contribution in [1.29, 1.82) is 0 Å². The van der Waals surface area contributed by atoms with Crippen LogP contribution in [0.1, 0.15) is 16.2 Å². The van der Waals surface area contributed by atoms with Crippen molar-refractivity contribution in [3.8, 4) is 0 Å². The van der Waals surface area contributed by atoms with Gasteiger partial charge >= 0.3 is 0 Å². The SMILES string of the molecule is Cc1cc2c(N)cccc2c(C(=O)Nc2cccnc2)n1. The Morgan fingerprint density at radius 2 is 2.05 bits per heavy atom. The van der Waals surface area contributed by atoms with E-state index in [2.05, 4.69) is 15.3 Å². The number of amides is 1. The minimum atomic E-state index is -0.276. The lowest BCUT2D eigenvalue weighted by atomic mass is 10.1. The molecule has 3 rings (SSSR count). The molecule has 1 amide bonds. The van der Waals surface area contributed by atoms with Crippen LogP contribution in [0.2, 0.25) is 0 Å². The molecular weight excluding hydrogens is 264 g/mol. The molecule has 1 aromatic carbocycles. The standard InChI is InChI=1S/C16H14N4O/c1-10-8-13-12(5-2-6-14(13)17)15(19-10)16(21)20-11-4-3-7-18-9-11/h2-9H,17H2,1H3,(H,20,21). The van der Waals surface area contributed by atoms with Crippen LogP contribution in [-0.4, -0.2) is 15.9 Å². The number of pyridine rings is 2. The number of nitrogens with zero attached hydrogens (tertiary/aromatic N) is 2. The zero-order chi connectivity index (χ0) is 14.8. The lowest BCUT2D eigenvalue weighted by Crippen LogP contribution is -2.15. The number of benzene rings is 1. The van der Waals surface area contributed by atoms with Crippen LogP contribution in [0.25, 0.3) is 10.8 Å². The van der Waals surface area contributed by atoms with Crippen molar-refractivity contribution < 1.29 is 4.79 Å². The molecule has 104 valence electrons. The molecule has 3 aromatic rings. The molecule has 3 N–H and O–H groups in total. The molecule has 0 saturated heterocycles. The van der Waals surface area contributed by atoms with E-state index in [-0.39, 0.29) is 5.91 Å². The van der Waals surface area contributed by atoms with Gasteiger partial charge < -0.3 is 11.1 Å². The molecule has 2 heterocycles. The summed E-state index contributed by atoms with van der Waals surface area (Å²) in [6.07, 6.45) is 3.24. The molecule has 0 fully saturated rings. The van der Waals surface area contributed by atoms with Gasteiger partial charge in [-0.3, -0.25) is 9.78 Å². The molecule has 0 aliphatic heterocycles. The Labute approximate surface area is 121 Å². The van der Waals surface area contributed by atoms with E-state index >= 15 is 0 Å². The number of fused-ring (bicyclic) bond motifs is 1. The molecule has 0 radical (unpaired) electrons. The van der Waals surface area contributed by atoms with E-state index in [1.807, 2.05) is 31.2 Å². The summed E-state index contributed by atoms with van der Waals surface area (Å²) >= 11 is 0. The summed E-state index contributed by atoms with van der Waals surface area (Å²) in [6, 6.07) is 10.9. The largest absolute Gasteiger partial charge is 0.398 e. The number of hydrogen-bond acceptors (Lipinski definition) is 4. The van der Waals surface area contributed by atoms with Crippen LogP contribution in [0.3, 0.4) is 0 Å². The lowest BCUT2D eigenvalue weighted by molar-refractivity contribution is 0.102. The maximum Gasteiger partial charge on any atom is 0.274 e. The van der Waals surface area contributed by atoms with Crippen molar-refractivity contribution in [1.82, 2.24) is 9.97 Å². The van der Waals surface area contributed by atoms with E-state index in [4.69, 9.17) is 5.73 Å². The fourth-order valence-corrected chi connectivity index (χ4v) is 2.23. The second-order valence-electron chi connectivity index (χ2n) is 4.75. The molecule has 5 nitrogen and oxygen atoms in total. The second-order valence-corrected chi connectivity index (χ2v) is 4.75. The number of nitrogen functional groups attached to an aromatic ring is 1. The van der Waals surface area contributed by atoms with Crippen LogP contribution in [0, 0.1) is 6.92 Å². The van der Waals surface area contributed by atoms with Gasteiger partial charge in [0.1, 0.15) is 5.69 Å². The first-order valence-corrected chi connectivity index (χ1v) is 6.52. The Balaban J connectivity index is 2.07. The summed E-state index contributed by atoms with van der Waals surface area (Å²) in [5.41, 5.74) is 8.35. The number of aryl methyl sites for hydroxylation is 1. The van der Waals surface area contributed by atoms with E-state index in [0.29, 0.717) is 17.1 Å². The molecule has 0 aliphatic rings. The molecule has 2 aromatic heterocycles. The van der Waals surface area contributed by atoms with Gasteiger partial charge in [-0.25, -0.2) is 4.98 Å². The number of anilines is 2. The number of carbonyl (C=O) groups excluding carboxylic acids is 1. The van der Waals surface area contributed by atoms with Crippen LogP contribution in [0.15, 0.2) is 48.8 Å². The van der Waals surface area contributed by atoms with Gasteiger partial charge in [0.05, 0.1) is 11.9 Å². The zero-order valence-electron chi connectivity index (χ0n) is 11.5. The van der Waals surface area contributed by atoms with E-state index in [0.717, 1.165) is 16.5 Å². The van der Waals surface area contributed by atoms with Crippen molar-refractivity contribution in [2.24, 2.45) is 0 Å². The second kappa shape index (κ2) is 5.20. The van der Waals surface area contributed by atoms with E-state index in [9.17, 15) is 4.79 Å². The maximum absolute atomic E-state index is 12.4. The topological polar surface area (TPSA) is 80.9 Å². The summed E-state index contributed by atoms with van der Waals surface area (Å²) in [5, 5.41) is 4.36. The fourth-order valence-electron chi connectivity index (χ4n) is 2.23. The van der Waals surface area contributed by atoms with Crippen LogP contribution >= 0.6 is 0 Å². The highest BCUT2D eigenvalue weighted by molar-refractivity contribution is 6.13. The van der Waals surface area contributed by atoms with Gasteiger partial charge in [-0.15, -0.1) is 0 Å². The van der Waals surface area contributed by atoms with Gasteiger partial charge in [-0.2, -0.15) is 0 Å². The van der Waals surface area contributed by atoms with Gasteiger partial charge in [0, 0.05) is 28.4 Å². The highest BCUT2D eigenvalue weighted by Gasteiger charge is 2.14. The van der Waals surface area contributed by atoms with Crippen LogP contribution in [0.4, 0.5) is 11.4 Å². The quantitative estimate of drug-likeness (QED) is 0.706. The van der Waals surface area contributed by atoms with Gasteiger partial charge in [-0.1, -0.05) is 12.1 Å². The first-order chi connectivity index (χ1) is 10.1. The highest BCUT2D eigenvalue weighted by atomic mass is 16.1. The molecule has 5 heteroatoms. The molecule has 0 atom stereocenters. The van der Waals surface area contributed by atoms with Crippen LogP contribution < -0.4 is 11.1 Å². The number of nitrogens with one attached hydrogen (secondary N) is 1. The van der Waals surface area contributed by atoms with E-state index in [1.165, 1.54) is 0 Å². The number of rotatable bonds is 2. The van der Waals surface area contributed by atoms with Crippen molar-refractivity contribution in [3.05, 3.63) is 60.2 Å². The first kappa shape index (κ1) is 13.1. The summed E-state index contributed by atoms with van der Waals surface area (Å²) in [7, 11) is 0. The third-order valence-electron chi connectivity index (χ3n) is 3.17. The Morgan fingerprint density at radius 3 is 2.81 bits per heavy atom. The van der Waals surface area contributed by atoms with E-state index in [1.54, 1.807) is 24.5 Å². The third kappa shape index (κ3) is 2.53. The number of carbonyl (C=O) groups is 1. The Bertz CT molecular complexity index is 815. The highest BCUT2D eigenvalue weighted by Crippen LogP contribution is 2.24. The zero-order valence-corrected chi connectivity index (χ0v) is 11.5. The smallest absolute Gasteiger partial charge is 0.274 e. The number of hydrogen-bond donors (Lipinski definition) is 2. The first-order valence-electron chi connectivity index (χ1n) is 6.52.